The number of aromatic nitrogens is 1. The lowest BCUT2D eigenvalue weighted by Gasteiger charge is -2.62. The fraction of sp³-hybridized carbons (Fsp3) is 0.500. The molecule has 1 aromatic heterocycles. The number of nitriles is 1. The molecule has 3 saturated carbocycles. The molecule has 0 amide bonds. The van der Waals surface area contributed by atoms with Crippen LogP contribution in [0.3, 0.4) is 0 Å². The highest BCUT2D eigenvalue weighted by molar-refractivity contribution is 6.01. The highest BCUT2D eigenvalue weighted by atomic mass is 19.1. The topological polar surface area (TPSA) is 110 Å². The van der Waals surface area contributed by atoms with Gasteiger partial charge in [-0.2, -0.15) is 5.26 Å². The highest BCUT2D eigenvalue weighted by Crippen LogP contribution is 2.72. The molecule has 0 spiro atoms. The molecule has 8 heteroatoms. The second-order valence-corrected chi connectivity index (χ2v) is 12.5. The maximum atomic E-state index is 17.5. The molecule has 206 valence electrons. The van der Waals surface area contributed by atoms with Crippen molar-refractivity contribution in [3.05, 3.63) is 65.9 Å². The van der Waals surface area contributed by atoms with E-state index in [-0.39, 0.29) is 24.5 Å². The van der Waals surface area contributed by atoms with E-state index in [9.17, 15) is 20.0 Å². The van der Waals surface area contributed by atoms with E-state index in [0.717, 1.165) is 10.9 Å². The number of hydrogen-bond donors (Lipinski definition) is 1. The van der Waals surface area contributed by atoms with Crippen molar-refractivity contribution in [2.75, 3.05) is 0 Å². The molecular formula is C32H31FN2O5. The van der Waals surface area contributed by atoms with Gasteiger partial charge in [-0.15, -0.1) is 0 Å². The van der Waals surface area contributed by atoms with Gasteiger partial charge in [-0.3, -0.25) is 9.59 Å². The third kappa shape index (κ3) is 3.01. The Labute approximate surface area is 231 Å². The third-order valence-electron chi connectivity index (χ3n) is 10.9. The second kappa shape index (κ2) is 8.39. The van der Waals surface area contributed by atoms with Gasteiger partial charge in [-0.05, 0) is 62.8 Å². The molecule has 7 rings (SSSR count). The monoisotopic (exact) mass is 542 g/mol. The number of benzene rings is 1. The number of pyridine rings is 1. The van der Waals surface area contributed by atoms with E-state index >= 15 is 4.39 Å². The van der Waals surface area contributed by atoms with Crippen LogP contribution < -0.4 is 0 Å². The molecule has 9 atom stereocenters. The fourth-order valence-electron chi connectivity index (χ4n) is 9.00. The van der Waals surface area contributed by atoms with Crippen molar-refractivity contribution < 1.29 is 28.6 Å². The maximum Gasteiger partial charge on any atom is 0.202 e. The molecule has 4 aliphatic carbocycles. The number of aliphatic hydroxyl groups is 1. The number of aliphatic hydroxyl groups excluding tert-OH is 1. The quantitative estimate of drug-likeness (QED) is 0.590. The van der Waals surface area contributed by atoms with E-state index in [0.29, 0.717) is 30.5 Å². The minimum absolute atomic E-state index is 0.0375. The van der Waals surface area contributed by atoms with E-state index in [1.54, 1.807) is 13.0 Å². The van der Waals surface area contributed by atoms with Crippen molar-refractivity contribution in [2.24, 2.45) is 22.7 Å². The first-order valence-corrected chi connectivity index (χ1v) is 14.0. The van der Waals surface area contributed by atoms with Gasteiger partial charge in [0.2, 0.25) is 6.29 Å². The summed E-state index contributed by atoms with van der Waals surface area (Å²) in [5.74, 6) is -1.51. The summed E-state index contributed by atoms with van der Waals surface area (Å²) in [7, 11) is 0. The van der Waals surface area contributed by atoms with Crippen LogP contribution in [0.25, 0.3) is 10.9 Å². The Kier molecular flexibility index (Phi) is 5.39. The first kappa shape index (κ1) is 25.7. The third-order valence-corrected chi connectivity index (χ3v) is 10.9. The average molecular weight is 543 g/mol. The number of ketones is 2. The molecule has 0 radical (unpaired) electrons. The minimum atomic E-state index is -2.03. The minimum Gasteiger partial charge on any atom is -0.390 e. The summed E-state index contributed by atoms with van der Waals surface area (Å²) in [6, 6.07) is 13.4. The summed E-state index contributed by atoms with van der Waals surface area (Å²) in [6.45, 7) is 3.66. The van der Waals surface area contributed by atoms with Crippen molar-refractivity contribution in [1.29, 1.82) is 5.26 Å². The Hall–Kier alpha value is -3.25. The van der Waals surface area contributed by atoms with Crippen LogP contribution in [0.5, 0.6) is 0 Å². The predicted molar refractivity (Wildman–Crippen MR) is 142 cm³/mol. The summed E-state index contributed by atoms with van der Waals surface area (Å²) >= 11 is 0. The van der Waals surface area contributed by atoms with Crippen molar-refractivity contribution in [3.8, 4) is 6.07 Å². The molecule has 0 bridgehead atoms. The van der Waals surface area contributed by atoms with Gasteiger partial charge in [-0.25, -0.2) is 9.37 Å². The van der Waals surface area contributed by atoms with E-state index in [1.807, 2.05) is 49.4 Å². The Morgan fingerprint density at radius 1 is 1.23 bits per heavy atom. The zero-order valence-corrected chi connectivity index (χ0v) is 22.5. The SMILES string of the molecule is C[C@]12C=CC(=O)C=C1CC[C@H]1[C@@H]3C[C@H]4OC(c5ccc6ccccc6n5)O[C@@]4(C(=O)CC#N)[C@@]3(C)C[C@H](O)[C@@]12F. The number of hydrogen-bond acceptors (Lipinski definition) is 7. The Morgan fingerprint density at radius 2 is 2.02 bits per heavy atom. The van der Waals surface area contributed by atoms with Gasteiger partial charge in [0.1, 0.15) is 0 Å². The van der Waals surface area contributed by atoms with Gasteiger partial charge in [0.25, 0.3) is 0 Å². The van der Waals surface area contributed by atoms with Gasteiger partial charge in [-0.1, -0.05) is 42.8 Å². The number of alkyl halides is 1. The van der Waals surface area contributed by atoms with Crippen LogP contribution in [0.2, 0.25) is 0 Å². The fourth-order valence-corrected chi connectivity index (χ4v) is 9.00. The van der Waals surface area contributed by atoms with Crippen molar-refractivity contribution in [2.45, 2.75) is 75.7 Å². The maximum absolute atomic E-state index is 17.5. The van der Waals surface area contributed by atoms with E-state index in [4.69, 9.17) is 14.5 Å². The molecule has 1 saturated heterocycles. The first-order chi connectivity index (χ1) is 19.1. The van der Waals surface area contributed by atoms with Gasteiger partial charge in [0.15, 0.2) is 22.8 Å². The molecule has 1 unspecified atom stereocenters. The zero-order chi connectivity index (χ0) is 28.1. The van der Waals surface area contributed by atoms with Crippen LogP contribution in [-0.4, -0.2) is 45.1 Å². The lowest BCUT2D eigenvalue weighted by atomic mass is 9.44. The van der Waals surface area contributed by atoms with Gasteiger partial charge < -0.3 is 14.6 Å². The summed E-state index contributed by atoms with van der Waals surface area (Å²) < 4.78 is 30.6. The van der Waals surface area contributed by atoms with Crippen LogP contribution in [0, 0.1) is 34.0 Å². The molecular weight excluding hydrogens is 511 g/mol. The highest BCUT2D eigenvalue weighted by Gasteiger charge is 2.79. The molecule has 1 aliphatic heterocycles. The molecule has 2 aromatic rings. The predicted octanol–water partition coefficient (Wildman–Crippen LogP) is 4.85. The van der Waals surface area contributed by atoms with Crippen LogP contribution in [0.1, 0.15) is 57.9 Å². The average Bonchev–Trinajstić information content (AvgIpc) is 3.43. The summed E-state index contributed by atoms with van der Waals surface area (Å²) in [4.78, 5) is 30.7. The Bertz CT molecular complexity index is 1560. The molecule has 4 fully saturated rings. The zero-order valence-electron chi connectivity index (χ0n) is 22.5. The normalized spacial score (nSPS) is 43.3. The molecule has 1 N–H and O–H groups in total. The number of rotatable bonds is 3. The van der Waals surface area contributed by atoms with Gasteiger partial charge >= 0.3 is 0 Å². The number of ether oxygens (including phenoxy) is 2. The van der Waals surface area contributed by atoms with Crippen LogP contribution >= 0.6 is 0 Å². The van der Waals surface area contributed by atoms with Crippen LogP contribution in [-0.2, 0) is 19.1 Å². The molecule has 40 heavy (non-hydrogen) atoms. The first-order valence-electron chi connectivity index (χ1n) is 14.0. The largest absolute Gasteiger partial charge is 0.390 e. The Balaban J connectivity index is 1.31. The summed E-state index contributed by atoms with van der Waals surface area (Å²) in [5.41, 5.74) is -3.69. The summed E-state index contributed by atoms with van der Waals surface area (Å²) in [6.07, 6.45) is 2.34. The summed E-state index contributed by atoms with van der Waals surface area (Å²) in [5, 5.41) is 22.2. The number of carbonyl (C=O) groups excluding carboxylic acids is 2. The van der Waals surface area contributed by atoms with Crippen molar-refractivity contribution in [1.82, 2.24) is 4.98 Å². The molecule has 1 aromatic carbocycles. The Morgan fingerprint density at radius 3 is 2.83 bits per heavy atom. The lowest BCUT2D eigenvalue weighted by molar-refractivity contribution is -0.231. The smallest absolute Gasteiger partial charge is 0.202 e. The van der Waals surface area contributed by atoms with Gasteiger partial charge in [0.05, 0.1) is 35.9 Å². The lowest BCUT2D eigenvalue weighted by Crippen LogP contribution is -2.69. The van der Waals surface area contributed by atoms with Crippen LogP contribution in [0.15, 0.2) is 60.2 Å². The number of Topliss-reactive ketones (excluding diaryl/α,β-unsaturated/α-hetero) is 1. The number of nitrogens with zero attached hydrogens (tertiary/aromatic N) is 2. The molecule has 2 heterocycles. The second-order valence-electron chi connectivity index (χ2n) is 12.5. The number of allylic oxidation sites excluding steroid dienone is 4. The van der Waals surface area contributed by atoms with Crippen molar-refractivity contribution in [3.63, 3.8) is 0 Å². The van der Waals surface area contributed by atoms with E-state index in [1.165, 1.54) is 12.2 Å². The van der Waals surface area contributed by atoms with Crippen LogP contribution in [0.4, 0.5) is 4.39 Å². The molecule has 5 aliphatic rings. The molecule has 7 nitrogen and oxygen atoms in total. The van der Waals surface area contributed by atoms with Gasteiger partial charge in [0, 0.05) is 22.1 Å². The van der Waals surface area contributed by atoms with E-state index in [2.05, 4.69) is 0 Å². The number of para-hydroxylation sites is 1. The van der Waals surface area contributed by atoms with E-state index < -0.39 is 52.3 Å². The number of carbonyl (C=O) groups is 2. The standard InChI is InChI=1S/C32H31FN2O5/c1-29-13-11-20(36)15-19(29)8-9-21-22-16-27-32(25(37)12-14-34,30(22,2)17-26(38)31(21,29)33)40-28(39-27)24-10-7-18-5-3-4-6-23(18)35-24/h3-7,10-11,13,15,21-22,26-28,38H,8-9,12,16-17H2,1-2H3/t21-,22-,26-,27+,28?,29-,30-,31-,32+/m0/s1. The number of fused-ring (bicyclic) bond motifs is 8. The van der Waals surface area contributed by atoms with Crippen molar-refractivity contribution >= 4 is 22.5 Å². The number of halogens is 1.